The average Bonchev–Trinajstić information content (AvgIpc) is 3.36. The summed E-state index contributed by atoms with van der Waals surface area (Å²) in [5.74, 6) is 1.01. The standard InChI is InChI=1S/C24H24FN5O2S2/c1-3-32-19-10-6-17(7-11-19)22-28-29-24(33)30(22)13-12-21(31)27-23-26-15(2)20(34-23)14-16-4-8-18(25)9-5-16/h4-11H,3,12-14H2,1-2H3,(H,29,33)(H,26,27,31). The lowest BCUT2D eigenvalue weighted by atomic mass is 10.1. The lowest BCUT2D eigenvalue weighted by Crippen LogP contribution is -2.15. The summed E-state index contributed by atoms with van der Waals surface area (Å²) in [6, 6.07) is 14.0. The van der Waals surface area contributed by atoms with Crippen LogP contribution in [0.25, 0.3) is 11.4 Å². The van der Waals surface area contributed by atoms with E-state index in [1.807, 2.05) is 38.1 Å². The number of H-pyrrole nitrogens is 1. The van der Waals surface area contributed by atoms with Crippen LogP contribution in [-0.4, -0.2) is 32.3 Å². The number of thiazole rings is 1. The minimum Gasteiger partial charge on any atom is -0.494 e. The maximum absolute atomic E-state index is 13.1. The number of nitrogens with zero attached hydrogens (tertiary/aromatic N) is 3. The van der Waals surface area contributed by atoms with E-state index in [1.165, 1.54) is 23.5 Å². The van der Waals surface area contributed by atoms with Gasteiger partial charge in [-0.05, 0) is 68.0 Å². The number of ether oxygens (including phenoxy) is 1. The average molecular weight is 498 g/mol. The topological polar surface area (TPSA) is 84.8 Å². The van der Waals surface area contributed by atoms with Crippen molar-refractivity contribution in [3.8, 4) is 17.1 Å². The number of aryl methyl sites for hydroxylation is 1. The van der Waals surface area contributed by atoms with Gasteiger partial charge in [-0.3, -0.25) is 14.5 Å². The molecule has 10 heteroatoms. The van der Waals surface area contributed by atoms with Crippen LogP contribution < -0.4 is 10.1 Å². The number of halogens is 1. The predicted molar refractivity (Wildman–Crippen MR) is 133 cm³/mol. The number of carbonyl (C=O) groups is 1. The van der Waals surface area contributed by atoms with Crippen LogP contribution in [-0.2, 0) is 17.8 Å². The molecule has 4 rings (SSSR count). The smallest absolute Gasteiger partial charge is 0.227 e. The first-order chi connectivity index (χ1) is 16.4. The second-order valence-corrected chi connectivity index (χ2v) is 9.06. The van der Waals surface area contributed by atoms with Crippen molar-refractivity contribution in [2.75, 3.05) is 11.9 Å². The van der Waals surface area contributed by atoms with Crippen LogP contribution in [0.1, 0.15) is 29.5 Å². The summed E-state index contributed by atoms with van der Waals surface area (Å²) < 4.78 is 20.9. The highest BCUT2D eigenvalue weighted by Crippen LogP contribution is 2.26. The van der Waals surface area contributed by atoms with Gasteiger partial charge in [-0.1, -0.05) is 12.1 Å². The second kappa shape index (κ2) is 10.7. The van der Waals surface area contributed by atoms with Gasteiger partial charge < -0.3 is 10.1 Å². The summed E-state index contributed by atoms with van der Waals surface area (Å²) in [5, 5.41) is 10.5. The molecule has 0 unspecified atom stereocenters. The summed E-state index contributed by atoms with van der Waals surface area (Å²) in [4.78, 5) is 18.1. The molecule has 0 saturated heterocycles. The molecule has 34 heavy (non-hydrogen) atoms. The van der Waals surface area contributed by atoms with Crippen LogP contribution in [0.15, 0.2) is 48.5 Å². The molecular weight excluding hydrogens is 473 g/mol. The van der Waals surface area contributed by atoms with E-state index in [2.05, 4.69) is 20.5 Å². The molecule has 2 aromatic carbocycles. The van der Waals surface area contributed by atoms with Crippen LogP contribution in [0.5, 0.6) is 5.75 Å². The maximum Gasteiger partial charge on any atom is 0.227 e. The molecule has 0 aliphatic heterocycles. The molecule has 0 aliphatic rings. The molecule has 0 spiro atoms. The number of aromatic nitrogens is 4. The van der Waals surface area contributed by atoms with Crippen molar-refractivity contribution in [3.63, 3.8) is 0 Å². The molecule has 2 heterocycles. The van der Waals surface area contributed by atoms with Crippen LogP contribution in [0.4, 0.5) is 9.52 Å². The van der Waals surface area contributed by atoms with Crippen molar-refractivity contribution >= 4 is 34.6 Å². The summed E-state index contributed by atoms with van der Waals surface area (Å²) >= 11 is 6.79. The van der Waals surface area contributed by atoms with Gasteiger partial charge in [0, 0.05) is 29.8 Å². The first-order valence-corrected chi connectivity index (χ1v) is 12.0. The van der Waals surface area contributed by atoms with Crippen LogP contribution >= 0.6 is 23.6 Å². The Labute approximate surface area is 205 Å². The first-order valence-electron chi connectivity index (χ1n) is 10.8. The summed E-state index contributed by atoms with van der Waals surface area (Å²) in [7, 11) is 0. The molecule has 7 nitrogen and oxygen atoms in total. The number of rotatable bonds is 9. The second-order valence-electron chi connectivity index (χ2n) is 7.59. The van der Waals surface area contributed by atoms with Crippen molar-refractivity contribution in [2.24, 2.45) is 0 Å². The van der Waals surface area contributed by atoms with Crippen LogP contribution in [0.2, 0.25) is 0 Å². The molecule has 4 aromatic rings. The van der Waals surface area contributed by atoms with Gasteiger partial charge in [-0.15, -0.1) is 11.3 Å². The van der Waals surface area contributed by atoms with Crippen LogP contribution in [0, 0.1) is 17.5 Å². The molecule has 0 aliphatic carbocycles. The molecule has 0 bridgehead atoms. The minimum absolute atomic E-state index is 0.164. The highest BCUT2D eigenvalue weighted by molar-refractivity contribution is 7.71. The number of amides is 1. The Morgan fingerprint density at radius 3 is 2.65 bits per heavy atom. The quantitative estimate of drug-likeness (QED) is 0.297. The van der Waals surface area contributed by atoms with Gasteiger partial charge >= 0.3 is 0 Å². The lowest BCUT2D eigenvalue weighted by Gasteiger charge is -2.08. The van der Waals surface area contributed by atoms with Gasteiger partial charge in [-0.25, -0.2) is 9.37 Å². The van der Waals surface area contributed by atoms with Gasteiger partial charge in [-0.2, -0.15) is 5.10 Å². The van der Waals surface area contributed by atoms with Gasteiger partial charge in [0.05, 0.1) is 12.3 Å². The monoisotopic (exact) mass is 497 g/mol. The van der Waals surface area contributed by atoms with E-state index in [1.54, 1.807) is 16.7 Å². The van der Waals surface area contributed by atoms with E-state index < -0.39 is 0 Å². The van der Waals surface area contributed by atoms with Gasteiger partial charge in [0.15, 0.2) is 15.7 Å². The molecule has 2 N–H and O–H groups in total. The van der Waals surface area contributed by atoms with E-state index >= 15 is 0 Å². The van der Waals surface area contributed by atoms with Gasteiger partial charge in [0.2, 0.25) is 5.91 Å². The van der Waals surface area contributed by atoms with Gasteiger partial charge in [0.25, 0.3) is 0 Å². The molecular formula is C24H24FN5O2S2. The summed E-state index contributed by atoms with van der Waals surface area (Å²) in [6.07, 6.45) is 0.846. The third kappa shape index (κ3) is 5.75. The Bertz CT molecular complexity index is 1330. The lowest BCUT2D eigenvalue weighted by molar-refractivity contribution is -0.116. The molecule has 2 aromatic heterocycles. The Hall–Kier alpha value is -3.37. The van der Waals surface area contributed by atoms with Crippen molar-refractivity contribution in [1.29, 1.82) is 0 Å². The fraction of sp³-hybridized carbons (Fsp3) is 0.250. The van der Waals surface area contributed by atoms with Crippen molar-refractivity contribution in [3.05, 3.63) is 75.3 Å². The van der Waals surface area contributed by atoms with Crippen molar-refractivity contribution in [2.45, 2.75) is 33.2 Å². The molecule has 0 saturated carbocycles. The minimum atomic E-state index is -0.263. The van der Waals surface area contributed by atoms with E-state index in [4.69, 9.17) is 17.0 Å². The molecule has 1 amide bonds. The number of nitrogens with one attached hydrogen (secondary N) is 2. The Kier molecular flexibility index (Phi) is 7.49. The molecule has 0 radical (unpaired) electrons. The molecule has 0 atom stereocenters. The van der Waals surface area contributed by atoms with E-state index in [9.17, 15) is 9.18 Å². The third-order valence-electron chi connectivity index (χ3n) is 5.16. The highest BCUT2D eigenvalue weighted by Gasteiger charge is 2.14. The number of aromatic amines is 1. The first kappa shape index (κ1) is 23.8. The predicted octanol–water partition coefficient (Wildman–Crippen LogP) is 5.53. The summed E-state index contributed by atoms with van der Waals surface area (Å²) in [6.45, 7) is 4.80. The zero-order chi connectivity index (χ0) is 24.1. The Morgan fingerprint density at radius 2 is 1.94 bits per heavy atom. The van der Waals surface area contributed by atoms with E-state index in [-0.39, 0.29) is 18.1 Å². The van der Waals surface area contributed by atoms with E-state index in [0.717, 1.165) is 27.4 Å². The number of hydrogen-bond donors (Lipinski definition) is 2. The maximum atomic E-state index is 13.1. The van der Waals surface area contributed by atoms with Gasteiger partial charge in [0.1, 0.15) is 11.6 Å². The Balaban J connectivity index is 1.39. The highest BCUT2D eigenvalue weighted by atomic mass is 32.1. The zero-order valence-electron chi connectivity index (χ0n) is 18.8. The normalized spacial score (nSPS) is 10.9. The fourth-order valence-electron chi connectivity index (χ4n) is 3.44. The largest absolute Gasteiger partial charge is 0.494 e. The van der Waals surface area contributed by atoms with Crippen molar-refractivity contribution in [1.82, 2.24) is 19.7 Å². The molecule has 176 valence electrons. The van der Waals surface area contributed by atoms with Crippen LogP contribution in [0.3, 0.4) is 0 Å². The molecule has 0 fully saturated rings. The number of benzene rings is 2. The number of hydrogen-bond acceptors (Lipinski definition) is 6. The third-order valence-corrected chi connectivity index (χ3v) is 6.55. The van der Waals surface area contributed by atoms with Crippen molar-refractivity contribution < 1.29 is 13.9 Å². The van der Waals surface area contributed by atoms with E-state index in [0.29, 0.717) is 35.3 Å². The SMILES string of the molecule is CCOc1ccc(-c2n[nH]c(=S)n2CCC(=O)Nc2nc(C)c(Cc3ccc(F)cc3)s2)cc1. The Morgan fingerprint density at radius 1 is 1.21 bits per heavy atom. The number of carbonyl (C=O) groups excluding carboxylic acids is 1. The zero-order valence-corrected chi connectivity index (χ0v) is 20.4. The fourth-order valence-corrected chi connectivity index (χ4v) is 4.68. The number of anilines is 1. The summed E-state index contributed by atoms with van der Waals surface area (Å²) in [5.41, 5.74) is 2.71.